The lowest BCUT2D eigenvalue weighted by molar-refractivity contribution is -0.144. The Labute approximate surface area is 240 Å². The number of benzene rings is 1. The second kappa shape index (κ2) is 14.2. The monoisotopic (exact) mass is 593 g/mol. The summed E-state index contributed by atoms with van der Waals surface area (Å²) in [4.78, 5) is 30.6. The minimum atomic E-state index is -4.54. The van der Waals surface area contributed by atoms with Gasteiger partial charge in [-0.25, -0.2) is 0 Å². The quantitative estimate of drug-likeness (QED) is 0.325. The Kier molecular flexibility index (Phi) is 12.1. The van der Waals surface area contributed by atoms with Crippen molar-refractivity contribution in [2.45, 2.75) is 98.1 Å². The van der Waals surface area contributed by atoms with Crippen LogP contribution in [0.2, 0.25) is 0 Å². The summed E-state index contributed by atoms with van der Waals surface area (Å²) >= 11 is 0. The van der Waals surface area contributed by atoms with Gasteiger partial charge in [-0.15, -0.1) is 0 Å². The summed E-state index contributed by atoms with van der Waals surface area (Å²) in [7, 11) is 0. The summed E-state index contributed by atoms with van der Waals surface area (Å²) < 4.78 is 78.9. The average Bonchev–Trinajstić information content (AvgIpc) is 2.89. The van der Waals surface area contributed by atoms with E-state index in [1.54, 1.807) is 4.90 Å². The minimum absolute atomic E-state index is 0.00257. The van der Waals surface area contributed by atoms with Gasteiger partial charge >= 0.3 is 12.4 Å². The molecule has 2 unspecified atom stereocenters. The van der Waals surface area contributed by atoms with Crippen LogP contribution in [0.4, 0.5) is 26.3 Å². The maximum Gasteiger partial charge on any atom is 0.416 e. The molecule has 1 aromatic carbocycles. The van der Waals surface area contributed by atoms with Gasteiger partial charge in [0.1, 0.15) is 0 Å². The van der Waals surface area contributed by atoms with Gasteiger partial charge in [0, 0.05) is 64.6 Å². The van der Waals surface area contributed by atoms with Gasteiger partial charge in [-0.1, -0.05) is 46.8 Å². The Bertz CT molecular complexity index is 980. The summed E-state index contributed by atoms with van der Waals surface area (Å²) in [5.41, 5.74) is -0.823. The molecule has 0 N–H and O–H groups in total. The molecule has 2 saturated heterocycles. The fourth-order valence-corrected chi connectivity index (χ4v) is 5.70. The van der Waals surface area contributed by atoms with Gasteiger partial charge in [0.25, 0.3) is 0 Å². The van der Waals surface area contributed by atoms with E-state index in [9.17, 15) is 35.9 Å². The minimum Gasteiger partial charge on any atom is -0.343 e. The molecule has 11 heteroatoms. The molecule has 0 bridgehead atoms. The van der Waals surface area contributed by atoms with Gasteiger partial charge in [0.2, 0.25) is 11.8 Å². The van der Waals surface area contributed by atoms with E-state index >= 15 is 0 Å². The largest absolute Gasteiger partial charge is 0.416 e. The number of likely N-dealkylation sites (tertiary alicyclic amines) is 1. The smallest absolute Gasteiger partial charge is 0.343 e. The number of alkyl halides is 6. The van der Waals surface area contributed by atoms with Gasteiger partial charge in [-0.05, 0) is 48.3 Å². The predicted molar refractivity (Wildman–Crippen MR) is 147 cm³/mol. The second-order valence-electron chi connectivity index (χ2n) is 11.9. The number of hydrogen-bond donors (Lipinski definition) is 0. The van der Waals surface area contributed by atoms with Crippen molar-refractivity contribution in [3.05, 3.63) is 35.4 Å². The first-order valence-corrected chi connectivity index (χ1v) is 14.5. The standard InChI is InChI=1S/C28H39F6N3O2.C2H6/c1-19(38)35-13-10-20(11-14-35)17-25(39)37-16-15-36(18-24(37)26(2,3)4)23(9-12-27(29,30)31)21-5-7-22(8-6-21)28(32,33)34;1-2/h5-8,20,23-24H,9-18H2,1-4H3;1-2H3. The Balaban J connectivity index is 0.00000287. The molecule has 2 aliphatic rings. The first-order chi connectivity index (χ1) is 19.0. The van der Waals surface area contributed by atoms with E-state index in [2.05, 4.69) is 0 Å². The van der Waals surface area contributed by atoms with Crippen LogP contribution in [0.25, 0.3) is 0 Å². The fourth-order valence-electron chi connectivity index (χ4n) is 5.70. The third-order valence-electron chi connectivity index (χ3n) is 8.02. The number of carbonyl (C=O) groups excluding carboxylic acids is 2. The molecule has 0 aromatic heterocycles. The molecule has 0 radical (unpaired) electrons. The molecule has 0 spiro atoms. The molecule has 2 amide bonds. The molecule has 1 aromatic rings. The Hall–Kier alpha value is -2.30. The van der Waals surface area contributed by atoms with Gasteiger partial charge in [-0.2, -0.15) is 26.3 Å². The number of piperidine rings is 1. The molecule has 2 atom stereocenters. The second-order valence-corrected chi connectivity index (χ2v) is 11.9. The van der Waals surface area contributed by atoms with Crippen molar-refractivity contribution in [2.75, 3.05) is 32.7 Å². The molecule has 3 rings (SSSR count). The molecular weight excluding hydrogens is 548 g/mol. The molecule has 0 saturated carbocycles. The van der Waals surface area contributed by atoms with Crippen LogP contribution in [0.3, 0.4) is 0 Å². The Morgan fingerprint density at radius 3 is 1.93 bits per heavy atom. The van der Waals surface area contributed by atoms with E-state index in [1.807, 2.05) is 44.4 Å². The van der Waals surface area contributed by atoms with Gasteiger partial charge in [0.15, 0.2) is 0 Å². The SMILES string of the molecule is CC.CC(=O)N1CCC(CC(=O)N2CCN(C(CCC(F)(F)F)c3ccc(C(F)(F)F)cc3)CC2C(C)(C)C)CC1. The van der Waals surface area contributed by atoms with Crippen LogP contribution in [-0.2, 0) is 15.8 Å². The zero-order valence-electron chi connectivity index (χ0n) is 25.0. The summed E-state index contributed by atoms with van der Waals surface area (Å²) in [5, 5.41) is 0. The van der Waals surface area contributed by atoms with Crippen molar-refractivity contribution in [3.63, 3.8) is 0 Å². The predicted octanol–water partition coefficient (Wildman–Crippen LogP) is 7.32. The topological polar surface area (TPSA) is 43.9 Å². The summed E-state index contributed by atoms with van der Waals surface area (Å²) in [5.74, 6) is 0.187. The summed E-state index contributed by atoms with van der Waals surface area (Å²) in [6, 6.07) is 3.34. The van der Waals surface area contributed by atoms with Crippen molar-refractivity contribution >= 4 is 11.8 Å². The third-order valence-corrected chi connectivity index (χ3v) is 8.02. The van der Waals surface area contributed by atoms with E-state index in [0.29, 0.717) is 44.7 Å². The molecule has 41 heavy (non-hydrogen) atoms. The van der Waals surface area contributed by atoms with E-state index < -0.39 is 30.4 Å². The number of nitrogens with zero attached hydrogens (tertiary/aromatic N) is 3. The number of rotatable bonds is 6. The highest BCUT2D eigenvalue weighted by molar-refractivity contribution is 5.77. The molecule has 2 aliphatic heterocycles. The van der Waals surface area contributed by atoms with E-state index in [1.165, 1.54) is 19.1 Å². The zero-order chi connectivity index (χ0) is 31.2. The van der Waals surface area contributed by atoms with Crippen LogP contribution in [-0.4, -0.2) is 71.5 Å². The molecule has 5 nitrogen and oxygen atoms in total. The van der Waals surface area contributed by atoms with Gasteiger partial charge in [0.05, 0.1) is 5.56 Å². The molecule has 0 aliphatic carbocycles. The maximum atomic E-state index is 13.4. The molecular formula is C30H45F6N3O2. The van der Waals surface area contributed by atoms with Crippen LogP contribution in [0.1, 0.15) is 90.8 Å². The van der Waals surface area contributed by atoms with E-state index in [0.717, 1.165) is 25.0 Å². The first kappa shape index (κ1) is 34.9. The lowest BCUT2D eigenvalue weighted by Crippen LogP contribution is -2.60. The van der Waals surface area contributed by atoms with E-state index in [-0.39, 0.29) is 35.6 Å². The normalized spacial score (nSPS) is 20.3. The molecule has 2 heterocycles. The molecule has 2 fully saturated rings. The lowest BCUT2D eigenvalue weighted by atomic mass is 9.82. The summed E-state index contributed by atoms with van der Waals surface area (Å²) in [6.07, 6.45) is -8.42. The van der Waals surface area contributed by atoms with Crippen molar-refractivity contribution in [2.24, 2.45) is 11.3 Å². The number of halogens is 6. The first-order valence-electron chi connectivity index (χ1n) is 14.5. The van der Waals surface area contributed by atoms with Gasteiger partial charge in [-0.3, -0.25) is 14.5 Å². The number of amides is 2. The number of piperazine rings is 1. The average molecular weight is 594 g/mol. The number of carbonyl (C=O) groups is 2. The highest BCUT2D eigenvalue weighted by Gasteiger charge is 2.41. The van der Waals surface area contributed by atoms with E-state index in [4.69, 9.17) is 0 Å². The molecule has 234 valence electrons. The zero-order valence-corrected chi connectivity index (χ0v) is 25.0. The Morgan fingerprint density at radius 1 is 0.902 bits per heavy atom. The highest BCUT2D eigenvalue weighted by Crippen LogP contribution is 2.38. The fraction of sp³-hybridized carbons (Fsp3) is 0.733. The maximum absolute atomic E-state index is 13.4. The highest BCUT2D eigenvalue weighted by atomic mass is 19.4. The van der Waals surface area contributed by atoms with Crippen molar-refractivity contribution in [3.8, 4) is 0 Å². The third kappa shape index (κ3) is 10.2. The summed E-state index contributed by atoms with van der Waals surface area (Å²) in [6.45, 7) is 13.7. The van der Waals surface area contributed by atoms with Crippen LogP contribution in [0.5, 0.6) is 0 Å². The van der Waals surface area contributed by atoms with Crippen LogP contribution >= 0.6 is 0 Å². The van der Waals surface area contributed by atoms with Crippen LogP contribution in [0, 0.1) is 11.3 Å². The number of hydrogen-bond acceptors (Lipinski definition) is 3. The van der Waals surface area contributed by atoms with Crippen molar-refractivity contribution in [1.29, 1.82) is 0 Å². The Morgan fingerprint density at radius 2 is 1.46 bits per heavy atom. The van der Waals surface area contributed by atoms with Crippen molar-refractivity contribution < 1.29 is 35.9 Å². The van der Waals surface area contributed by atoms with Crippen molar-refractivity contribution in [1.82, 2.24) is 14.7 Å². The van der Waals surface area contributed by atoms with Crippen LogP contribution < -0.4 is 0 Å². The lowest BCUT2D eigenvalue weighted by Gasteiger charge is -2.50. The van der Waals surface area contributed by atoms with Gasteiger partial charge < -0.3 is 9.80 Å². The van der Waals surface area contributed by atoms with Crippen LogP contribution in [0.15, 0.2) is 24.3 Å².